The number of nitrogens with one attached hydrogen (secondary N) is 1. The molecule has 2 aliphatic rings. The first kappa shape index (κ1) is 14.3. The van der Waals surface area contributed by atoms with Gasteiger partial charge in [0.1, 0.15) is 0 Å². The Labute approximate surface area is 112 Å². The molecule has 1 heterocycles. The van der Waals surface area contributed by atoms with Crippen molar-refractivity contribution in [2.24, 2.45) is 11.8 Å². The molecule has 0 spiro atoms. The quantitative estimate of drug-likeness (QED) is 0.718. The second-order valence-electron chi connectivity index (χ2n) is 6.05. The third-order valence-corrected chi connectivity index (χ3v) is 4.43. The summed E-state index contributed by atoms with van der Waals surface area (Å²) in [6, 6.07) is 0.685. The van der Waals surface area contributed by atoms with E-state index in [1.54, 1.807) is 0 Å². The summed E-state index contributed by atoms with van der Waals surface area (Å²) < 4.78 is 5.47. The molecule has 1 N–H and O–H groups in total. The lowest BCUT2D eigenvalue weighted by molar-refractivity contribution is 0.0628. The number of methoxy groups -OCH3 is 1. The van der Waals surface area contributed by atoms with Crippen LogP contribution in [0.3, 0.4) is 0 Å². The Balaban J connectivity index is 1.87. The molecule has 0 aromatic carbocycles. The first-order valence-electron chi connectivity index (χ1n) is 7.78. The van der Waals surface area contributed by atoms with Gasteiger partial charge in [0.05, 0.1) is 6.61 Å². The molecule has 1 unspecified atom stereocenters. The molecule has 2 rings (SSSR count). The normalized spacial score (nSPS) is 23.5. The minimum atomic E-state index is 0.685. The van der Waals surface area contributed by atoms with E-state index in [-0.39, 0.29) is 0 Å². The maximum atomic E-state index is 5.47. The van der Waals surface area contributed by atoms with Gasteiger partial charge in [0.2, 0.25) is 0 Å². The minimum Gasteiger partial charge on any atom is -0.383 e. The Bertz CT molecular complexity index is 225. The number of hydrogen-bond donors (Lipinski definition) is 1. The van der Waals surface area contributed by atoms with Crippen molar-refractivity contribution >= 4 is 0 Å². The Morgan fingerprint density at radius 2 is 1.94 bits per heavy atom. The zero-order chi connectivity index (χ0) is 12.8. The van der Waals surface area contributed by atoms with Crippen LogP contribution >= 0.6 is 0 Å². The van der Waals surface area contributed by atoms with Gasteiger partial charge < -0.3 is 10.1 Å². The van der Waals surface area contributed by atoms with Crippen LogP contribution in [0, 0.1) is 11.8 Å². The molecule has 0 amide bonds. The molecule has 1 aliphatic carbocycles. The van der Waals surface area contributed by atoms with Gasteiger partial charge in [-0.05, 0) is 63.6 Å². The summed E-state index contributed by atoms with van der Waals surface area (Å²) in [5.74, 6) is 1.81. The first-order valence-corrected chi connectivity index (χ1v) is 7.78. The minimum absolute atomic E-state index is 0.685. The van der Waals surface area contributed by atoms with E-state index in [9.17, 15) is 0 Å². The van der Waals surface area contributed by atoms with Crippen LogP contribution < -0.4 is 5.32 Å². The molecular weight excluding hydrogens is 224 g/mol. The first-order chi connectivity index (χ1) is 8.85. The summed E-state index contributed by atoms with van der Waals surface area (Å²) in [7, 11) is 1.85. The van der Waals surface area contributed by atoms with E-state index >= 15 is 0 Å². The number of hydrogen-bond acceptors (Lipinski definition) is 3. The van der Waals surface area contributed by atoms with Crippen LogP contribution in [0.25, 0.3) is 0 Å². The Morgan fingerprint density at radius 3 is 2.50 bits per heavy atom. The van der Waals surface area contributed by atoms with E-state index in [1.165, 1.54) is 58.3 Å². The predicted octanol–water partition coefficient (Wildman–Crippen LogP) is 2.12. The lowest BCUT2D eigenvalue weighted by atomic mass is 9.96. The van der Waals surface area contributed by atoms with Crippen LogP contribution in [0.5, 0.6) is 0 Å². The number of ether oxygens (including phenoxy) is 1. The van der Waals surface area contributed by atoms with Crippen molar-refractivity contribution in [1.29, 1.82) is 0 Å². The van der Waals surface area contributed by atoms with Gasteiger partial charge in [0, 0.05) is 19.7 Å². The monoisotopic (exact) mass is 254 g/mol. The zero-order valence-electron chi connectivity index (χ0n) is 12.2. The predicted molar refractivity (Wildman–Crippen MR) is 75.8 cm³/mol. The van der Waals surface area contributed by atoms with E-state index in [0.29, 0.717) is 6.04 Å². The molecule has 0 radical (unpaired) electrons. The van der Waals surface area contributed by atoms with Gasteiger partial charge in [-0.2, -0.15) is 0 Å². The Kier molecular flexibility index (Phi) is 5.93. The fourth-order valence-corrected chi connectivity index (χ4v) is 3.27. The van der Waals surface area contributed by atoms with Crippen LogP contribution in [0.1, 0.15) is 39.0 Å². The largest absolute Gasteiger partial charge is 0.383 e. The van der Waals surface area contributed by atoms with E-state index in [1.807, 2.05) is 7.11 Å². The van der Waals surface area contributed by atoms with Crippen molar-refractivity contribution in [2.75, 3.05) is 39.9 Å². The maximum Gasteiger partial charge on any atom is 0.0620 e. The summed E-state index contributed by atoms with van der Waals surface area (Å²) in [5, 5.41) is 3.47. The van der Waals surface area contributed by atoms with Gasteiger partial charge in [-0.15, -0.1) is 0 Å². The van der Waals surface area contributed by atoms with E-state index < -0.39 is 0 Å². The van der Waals surface area contributed by atoms with Crippen LogP contribution in [0.2, 0.25) is 0 Å². The third kappa shape index (κ3) is 4.22. The van der Waals surface area contributed by atoms with Crippen molar-refractivity contribution in [3.63, 3.8) is 0 Å². The molecule has 3 nitrogen and oxygen atoms in total. The van der Waals surface area contributed by atoms with E-state index in [4.69, 9.17) is 4.74 Å². The second kappa shape index (κ2) is 7.46. The number of rotatable bonds is 8. The van der Waals surface area contributed by atoms with Gasteiger partial charge in [0.15, 0.2) is 0 Å². The average molecular weight is 254 g/mol. The molecule has 0 aromatic heterocycles. The number of nitrogens with zero attached hydrogens (tertiary/aromatic N) is 1. The summed E-state index contributed by atoms with van der Waals surface area (Å²) in [6.45, 7) is 8.18. The molecule has 1 saturated heterocycles. The molecule has 2 fully saturated rings. The molecule has 1 aliphatic heterocycles. The standard InChI is InChI=1S/C15H30N2O/c1-3-10-17(11-13-6-8-16-9-7-13)15(12-18-2)14-4-5-14/h13-16H,3-12H2,1-2H3. The van der Waals surface area contributed by atoms with Crippen LogP contribution in [-0.4, -0.2) is 50.8 Å². The SMILES string of the molecule is CCCN(CC1CCNCC1)C(COC)C1CC1. The molecular formula is C15H30N2O. The molecule has 1 atom stereocenters. The van der Waals surface area contributed by atoms with Crippen molar-refractivity contribution in [2.45, 2.75) is 45.1 Å². The highest BCUT2D eigenvalue weighted by Gasteiger charge is 2.35. The second-order valence-corrected chi connectivity index (χ2v) is 6.05. The maximum absolute atomic E-state index is 5.47. The highest BCUT2D eigenvalue weighted by molar-refractivity contribution is 4.89. The summed E-state index contributed by atoms with van der Waals surface area (Å²) >= 11 is 0. The summed E-state index contributed by atoms with van der Waals surface area (Å²) in [4.78, 5) is 2.73. The third-order valence-electron chi connectivity index (χ3n) is 4.43. The smallest absolute Gasteiger partial charge is 0.0620 e. The molecule has 18 heavy (non-hydrogen) atoms. The van der Waals surface area contributed by atoms with Crippen LogP contribution in [-0.2, 0) is 4.74 Å². The van der Waals surface area contributed by atoms with Crippen LogP contribution in [0.15, 0.2) is 0 Å². The lowest BCUT2D eigenvalue weighted by Crippen LogP contribution is -2.45. The van der Waals surface area contributed by atoms with E-state index in [2.05, 4.69) is 17.1 Å². The number of piperidine rings is 1. The van der Waals surface area contributed by atoms with Gasteiger partial charge in [-0.3, -0.25) is 4.90 Å². The Hall–Kier alpha value is -0.120. The summed E-state index contributed by atoms with van der Waals surface area (Å²) in [6.07, 6.45) is 6.80. The van der Waals surface area contributed by atoms with Gasteiger partial charge in [-0.25, -0.2) is 0 Å². The highest BCUT2D eigenvalue weighted by Crippen LogP contribution is 2.36. The average Bonchev–Trinajstić information content (AvgIpc) is 3.21. The van der Waals surface area contributed by atoms with Gasteiger partial charge in [-0.1, -0.05) is 6.92 Å². The molecule has 0 bridgehead atoms. The molecule has 106 valence electrons. The summed E-state index contributed by atoms with van der Waals surface area (Å²) in [5.41, 5.74) is 0. The molecule has 3 heteroatoms. The topological polar surface area (TPSA) is 24.5 Å². The van der Waals surface area contributed by atoms with Crippen molar-refractivity contribution < 1.29 is 4.74 Å². The lowest BCUT2D eigenvalue weighted by Gasteiger charge is -2.35. The molecule has 0 aromatic rings. The van der Waals surface area contributed by atoms with E-state index in [0.717, 1.165) is 18.4 Å². The Morgan fingerprint density at radius 1 is 1.22 bits per heavy atom. The highest BCUT2D eigenvalue weighted by atomic mass is 16.5. The van der Waals surface area contributed by atoms with Crippen molar-refractivity contribution in [3.8, 4) is 0 Å². The zero-order valence-corrected chi connectivity index (χ0v) is 12.2. The van der Waals surface area contributed by atoms with Gasteiger partial charge in [0.25, 0.3) is 0 Å². The van der Waals surface area contributed by atoms with Crippen LogP contribution in [0.4, 0.5) is 0 Å². The fourth-order valence-electron chi connectivity index (χ4n) is 3.27. The van der Waals surface area contributed by atoms with Crippen molar-refractivity contribution in [3.05, 3.63) is 0 Å². The van der Waals surface area contributed by atoms with Crippen molar-refractivity contribution in [1.82, 2.24) is 10.2 Å². The molecule has 1 saturated carbocycles. The fraction of sp³-hybridized carbons (Fsp3) is 1.00. The van der Waals surface area contributed by atoms with Gasteiger partial charge >= 0.3 is 0 Å².